The standard InChI is InChI=1S/C15H22F2O2S/c16-15(17)4-1-11(2-5-15)13(18)12-3-7-19-14(9-12)6-8-20-10-14/h11-12H,1-10H2. The molecule has 3 rings (SSSR count). The van der Waals surface area contributed by atoms with Gasteiger partial charge in [0.25, 0.3) is 0 Å². The molecule has 0 bridgehead atoms. The molecule has 5 heteroatoms. The number of alkyl halides is 2. The van der Waals surface area contributed by atoms with E-state index < -0.39 is 5.92 Å². The van der Waals surface area contributed by atoms with E-state index in [0.29, 0.717) is 19.4 Å². The van der Waals surface area contributed by atoms with E-state index in [1.807, 2.05) is 11.8 Å². The summed E-state index contributed by atoms with van der Waals surface area (Å²) in [6.07, 6.45) is 3.12. The molecule has 0 aromatic heterocycles. The van der Waals surface area contributed by atoms with E-state index in [2.05, 4.69) is 0 Å². The summed E-state index contributed by atoms with van der Waals surface area (Å²) in [4.78, 5) is 12.6. The maximum absolute atomic E-state index is 13.2. The van der Waals surface area contributed by atoms with E-state index in [1.165, 1.54) is 0 Å². The third kappa shape index (κ3) is 3.03. The Morgan fingerprint density at radius 3 is 2.50 bits per heavy atom. The molecule has 3 fully saturated rings. The number of rotatable bonds is 2. The monoisotopic (exact) mass is 304 g/mol. The topological polar surface area (TPSA) is 26.3 Å². The molecule has 3 aliphatic rings. The van der Waals surface area contributed by atoms with Crippen LogP contribution in [0.3, 0.4) is 0 Å². The predicted octanol–water partition coefficient (Wildman–Crippen LogP) is 3.68. The highest BCUT2D eigenvalue weighted by molar-refractivity contribution is 7.99. The van der Waals surface area contributed by atoms with E-state index in [0.717, 1.165) is 30.8 Å². The molecule has 0 amide bonds. The van der Waals surface area contributed by atoms with Crippen molar-refractivity contribution in [2.24, 2.45) is 11.8 Å². The van der Waals surface area contributed by atoms with E-state index in [4.69, 9.17) is 4.74 Å². The Labute approximate surface area is 123 Å². The van der Waals surface area contributed by atoms with Gasteiger partial charge in [-0.2, -0.15) is 11.8 Å². The number of thioether (sulfide) groups is 1. The lowest BCUT2D eigenvalue weighted by molar-refractivity contribution is -0.141. The second kappa shape index (κ2) is 5.56. The van der Waals surface area contributed by atoms with Crippen LogP contribution in [-0.2, 0) is 9.53 Å². The van der Waals surface area contributed by atoms with Gasteiger partial charge in [0.2, 0.25) is 5.92 Å². The summed E-state index contributed by atoms with van der Waals surface area (Å²) >= 11 is 1.89. The first-order valence-electron chi connectivity index (χ1n) is 7.63. The number of hydrogen-bond acceptors (Lipinski definition) is 3. The highest BCUT2D eigenvalue weighted by atomic mass is 32.2. The quantitative estimate of drug-likeness (QED) is 0.778. The van der Waals surface area contributed by atoms with Crippen molar-refractivity contribution in [3.63, 3.8) is 0 Å². The number of hydrogen-bond donors (Lipinski definition) is 0. The van der Waals surface area contributed by atoms with Crippen LogP contribution in [0.5, 0.6) is 0 Å². The fourth-order valence-electron chi connectivity index (χ4n) is 3.79. The SMILES string of the molecule is O=C(C1CCC(F)(F)CC1)C1CCOC2(CCSC2)C1. The minimum absolute atomic E-state index is 0.0409. The summed E-state index contributed by atoms with van der Waals surface area (Å²) in [5.41, 5.74) is -0.0954. The Morgan fingerprint density at radius 1 is 1.10 bits per heavy atom. The molecule has 0 N–H and O–H groups in total. The van der Waals surface area contributed by atoms with Crippen molar-refractivity contribution in [2.75, 3.05) is 18.1 Å². The maximum Gasteiger partial charge on any atom is 0.248 e. The normalized spacial score (nSPS) is 38.2. The highest BCUT2D eigenvalue weighted by Crippen LogP contribution is 2.43. The molecule has 0 radical (unpaired) electrons. The van der Waals surface area contributed by atoms with Gasteiger partial charge in [0.05, 0.1) is 5.60 Å². The molecule has 2 unspecified atom stereocenters. The molecule has 20 heavy (non-hydrogen) atoms. The molecule has 2 saturated heterocycles. The molecule has 2 nitrogen and oxygen atoms in total. The number of halogens is 2. The van der Waals surface area contributed by atoms with Gasteiger partial charge in [-0.15, -0.1) is 0 Å². The van der Waals surface area contributed by atoms with Gasteiger partial charge < -0.3 is 4.74 Å². The molecule has 0 aromatic rings. The molecular weight excluding hydrogens is 282 g/mol. The minimum atomic E-state index is -2.55. The van der Waals surface area contributed by atoms with Gasteiger partial charge in [-0.3, -0.25) is 4.79 Å². The fourth-order valence-corrected chi connectivity index (χ4v) is 5.17. The lowest BCUT2D eigenvalue weighted by atomic mass is 9.75. The molecular formula is C15H22F2O2S. The number of carbonyl (C=O) groups is 1. The Morgan fingerprint density at radius 2 is 1.85 bits per heavy atom. The molecule has 1 saturated carbocycles. The Kier molecular flexibility index (Phi) is 4.10. The zero-order valence-corrected chi connectivity index (χ0v) is 12.5. The van der Waals surface area contributed by atoms with Gasteiger partial charge in [0.15, 0.2) is 0 Å². The molecule has 1 spiro atoms. The van der Waals surface area contributed by atoms with Crippen LogP contribution in [0.15, 0.2) is 0 Å². The Hall–Kier alpha value is -0.160. The van der Waals surface area contributed by atoms with Crippen molar-refractivity contribution in [2.45, 2.75) is 56.5 Å². The zero-order chi connectivity index (χ0) is 14.2. The predicted molar refractivity (Wildman–Crippen MR) is 75.3 cm³/mol. The van der Waals surface area contributed by atoms with Gasteiger partial charge in [0.1, 0.15) is 5.78 Å². The van der Waals surface area contributed by atoms with Crippen molar-refractivity contribution in [3.05, 3.63) is 0 Å². The Bertz CT molecular complexity index is 370. The van der Waals surface area contributed by atoms with E-state index >= 15 is 0 Å². The van der Waals surface area contributed by atoms with Crippen LogP contribution in [0, 0.1) is 11.8 Å². The van der Waals surface area contributed by atoms with Crippen LogP contribution in [-0.4, -0.2) is 35.4 Å². The van der Waals surface area contributed by atoms with Crippen LogP contribution >= 0.6 is 11.8 Å². The summed E-state index contributed by atoms with van der Waals surface area (Å²) < 4.78 is 32.3. The van der Waals surface area contributed by atoms with E-state index in [1.54, 1.807) is 0 Å². The van der Waals surface area contributed by atoms with Crippen LogP contribution in [0.1, 0.15) is 44.9 Å². The first-order valence-corrected chi connectivity index (χ1v) is 8.79. The largest absolute Gasteiger partial charge is 0.374 e. The summed E-state index contributed by atoms with van der Waals surface area (Å²) in [5.74, 6) is -0.311. The van der Waals surface area contributed by atoms with Gasteiger partial charge in [-0.05, 0) is 37.9 Å². The maximum atomic E-state index is 13.2. The summed E-state index contributed by atoms with van der Waals surface area (Å²) in [5, 5.41) is 0. The lowest BCUT2D eigenvalue weighted by Crippen LogP contribution is -2.44. The number of carbonyl (C=O) groups excluding carboxylic acids is 1. The molecule has 114 valence electrons. The number of ether oxygens (including phenoxy) is 1. The number of ketones is 1. The van der Waals surface area contributed by atoms with Crippen molar-refractivity contribution in [3.8, 4) is 0 Å². The van der Waals surface area contributed by atoms with Gasteiger partial charge in [0, 0.05) is 37.0 Å². The van der Waals surface area contributed by atoms with Crippen molar-refractivity contribution in [1.29, 1.82) is 0 Å². The van der Waals surface area contributed by atoms with Crippen LogP contribution in [0.2, 0.25) is 0 Å². The first-order chi connectivity index (χ1) is 9.50. The zero-order valence-electron chi connectivity index (χ0n) is 11.7. The summed E-state index contributed by atoms with van der Waals surface area (Å²) in [7, 11) is 0. The molecule has 1 aliphatic carbocycles. The number of Topliss-reactive ketones (excluding diaryl/α,β-unsaturated/α-hetero) is 1. The van der Waals surface area contributed by atoms with Crippen molar-refractivity contribution >= 4 is 17.5 Å². The lowest BCUT2D eigenvalue weighted by Gasteiger charge is -2.39. The van der Waals surface area contributed by atoms with E-state index in [9.17, 15) is 13.6 Å². The van der Waals surface area contributed by atoms with E-state index in [-0.39, 0.29) is 36.1 Å². The van der Waals surface area contributed by atoms with Crippen LogP contribution in [0.4, 0.5) is 8.78 Å². The molecule has 0 aromatic carbocycles. The van der Waals surface area contributed by atoms with Gasteiger partial charge in [-0.1, -0.05) is 0 Å². The third-order valence-electron chi connectivity index (χ3n) is 5.08. The van der Waals surface area contributed by atoms with Crippen molar-refractivity contribution in [1.82, 2.24) is 0 Å². The average molecular weight is 304 g/mol. The molecule has 2 aliphatic heterocycles. The second-order valence-electron chi connectivity index (χ2n) is 6.56. The van der Waals surface area contributed by atoms with Crippen LogP contribution < -0.4 is 0 Å². The first kappa shape index (κ1) is 14.8. The summed E-state index contributed by atoms with van der Waals surface area (Å²) in [6, 6.07) is 0. The average Bonchev–Trinajstić information content (AvgIpc) is 2.86. The highest BCUT2D eigenvalue weighted by Gasteiger charge is 2.45. The van der Waals surface area contributed by atoms with Gasteiger partial charge >= 0.3 is 0 Å². The third-order valence-corrected chi connectivity index (χ3v) is 6.30. The second-order valence-corrected chi connectivity index (χ2v) is 7.66. The molecule has 2 atom stereocenters. The molecule has 2 heterocycles. The van der Waals surface area contributed by atoms with Crippen molar-refractivity contribution < 1.29 is 18.3 Å². The fraction of sp³-hybridized carbons (Fsp3) is 0.933. The Balaban J connectivity index is 1.60. The van der Waals surface area contributed by atoms with Crippen LogP contribution in [0.25, 0.3) is 0 Å². The summed E-state index contributed by atoms with van der Waals surface area (Å²) in [6.45, 7) is 0.653. The minimum Gasteiger partial charge on any atom is -0.374 e. The smallest absolute Gasteiger partial charge is 0.248 e. The van der Waals surface area contributed by atoms with Gasteiger partial charge in [-0.25, -0.2) is 8.78 Å².